The summed E-state index contributed by atoms with van der Waals surface area (Å²) in [5.74, 6) is -2.30. The molecule has 0 bridgehead atoms. The summed E-state index contributed by atoms with van der Waals surface area (Å²) in [5.41, 5.74) is 6.66. The Morgan fingerprint density at radius 3 is 2.05 bits per heavy atom. The van der Waals surface area contributed by atoms with Crippen molar-refractivity contribution in [1.29, 1.82) is 0 Å². The number of carbonyl (C=O) groups excluding carboxylic acids is 3. The molecule has 0 aliphatic carbocycles. The van der Waals surface area contributed by atoms with Gasteiger partial charge >= 0.3 is 5.97 Å². The minimum atomic E-state index is -1.17. The zero-order chi connectivity index (χ0) is 28.1. The van der Waals surface area contributed by atoms with E-state index >= 15 is 0 Å². The number of benzene rings is 1. The highest BCUT2D eigenvalue weighted by Gasteiger charge is 2.32. The first kappa shape index (κ1) is 32.2. The largest absolute Gasteiger partial charge is 0.508 e. The van der Waals surface area contributed by atoms with Crippen LogP contribution in [0.5, 0.6) is 5.75 Å². The Morgan fingerprint density at radius 2 is 1.54 bits per heavy atom. The quantitative estimate of drug-likeness (QED) is 0.184. The fourth-order valence-electron chi connectivity index (χ4n) is 3.68. The van der Waals surface area contributed by atoms with E-state index < -0.39 is 47.9 Å². The Bertz CT molecular complexity index is 896. The van der Waals surface area contributed by atoms with Crippen molar-refractivity contribution < 1.29 is 29.4 Å². The SMILES string of the molecule is CCC(C)C(NC(=O)C(N)CC(C)C)C(=O)NC(Cc1ccc(O)cc1)C(=O)NC(CCSC)C(=O)O. The Balaban J connectivity index is 3.16. The van der Waals surface area contributed by atoms with E-state index in [2.05, 4.69) is 16.0 Å². The van der Waals surface area contributed by atoms with Crippen LogP contribution in [0.15, 0.2) is 24.3 Å². The molecule has 5 atom stereocenters. The molecule has 0 radical (unpaired) electrons. The standard InChI is InChI=1S/C26H42N4O6S/c1-6-16(4)22(30-23(32)19(27)13-15(2)3)25(34)29-21(14-17-7-9-18(31)10-8-17)24(33)28-20(26(35)36)11-12-37-5/h7-10,15-16,19-22,31H,6,11-14,27H2,1-5H3,(H,28,33)(H,29,34)(H,30,32)(H,35,36). The summed E-state index contributed by atoms with van der Waals surface area (Å²) in [7, 11) is 0. The summed E-state index contributed by atoms with van der Waals surface area (Å²) < 4.78 is 0. The van der Waals surface area contributed by atoms with Crippen molar-refractivity contribution in [2.24, 2.45) is 17.6 Å². The van der Waals surface area contributed by atoms with Crippen LogP contribution in [0.1, 0.15) is 52.5 Å². The number of carbonyl (C=O) groups is 4. The van der Waals surface area contributed by atoms with E-state index in [0.29, 0.717) is 24.2 Å². The lowest BCUT2D eigenvalue weighted by molar-refractivity contribution is -0.142. The Hall–Kier alpha value is -2.79. The van der Waals surface area contributed by atoms with Crippen molar-refractivity contribution in [2.45, 2.75) is 77.5 Å². The number of carboxylic acid groups (broad SMARTS) is 1. The van der Waals surface area contributed by atoms with E-state index in [9.17, 15) is 29.4 Å². The second-order valence-electron chi connectivity index (χ2n) is 9.72. The van der Waals surface area contributed by atoms with Crippen LogP contribution in [0.3, 0.4) is 0 Å². The number of phenols is 1. The fraction of sp³-hybridized carbons (Fsp3) is 0.615. The number of rotatable bonds is 16. The molecule has 1 rings (SSSR count). The monoisotopic (exact) mass is 538 g/mol. The molecule has 7 N–H and O–H groups in total. The molecule has 10 nitrogen and oxygen atoms in total. The van der Waals surface area contributed by atoms with E-state index in [0.717, 1.165) is 0 Å². The Labute approximate surface area is 223 Å². The van der Waals surface area contributed by atoms with Crippen molar-refractivity contribution in [3.8, 4) is 5.75 Å². The molecule has 0 saturated heterocycles. The normalized spacial score (nSPS) is 15.2. The Morgan fingerprint density at radius 1 is 0.946 bits per heavy atom. The van der Waals surface area contributed by atoms with Crippen molar-refractivity contribution >= 4 is 35.5 Å². The highest BCUT2D eigenvalue weighted by molar-refractivity contribution is 7.98. The van der Waals surface area contributed by atoms with E-state index in [1.807, 2.05) is 34.0 Å². The predicted molar refractivity (Wildman–Crippen MR) is 145 cm³/mol. The molecule has 37 heavy (non-hydrogen) atoms. The van der Waals surface area contributed by atoms with Gasteiger partial charge in [-0.2, -0.15) is 11.8 Å². The van der Waals surface area contributed by atoms with Gasteiger partial charge in [0.05, 0.1) is 6.04 Å². The summed E-state index contributed by atoms with van der Waals surface area (Å²) in [6.07, 6.45) is 3.16. The maximum Gasteiger partial charge on any atom is 0.326 e. The van der Waals surface area contributed by atoms with Gasteiger partial charge in [-0.25, -0.2) is 4.79 Å². The molecule has 1 aromatic rings. The van der Waals surface area contributed by atoms with E-state index in [1.165, 1.54) is 23.9 Å². The second-order valence-corrected chi connectivity index (χ2v) is 10.7. The first-order chi connectivity index (χ1) is 17.4. The number of amides is 3. The minimum Gasteiger partial charge on any atom is -0.508 e. The number of nitrogens with one attached hydrogen (secondary N) is 3. The van der Waals surface area contributed by atoms with Crippen LogP contribution >= 0.6 is 11.8 Å². The summed E-state index contributed by atoms with van der Waals surface area (Å²) >= 11 is 1.46. The summed E-state index contributed by atoms with van der Waals surface area (Å²) in [6, 6.07) is 2.22. The lowest BCUT2D eigenvalue weighted by Gasteiger charge is -2.28. The van der Waals surface area contributed by atoms with Crippen LogP contribution in [0.4, 0.5) is 0 Å². The lowest BCUT2D eigenvalue weighted by atomic mass is 9.96. The first-order valence-electron chi connectivity index (χ1n) is 12.6. The summed E-state index contributed by atoms with van der Waals surface area (Å²) in [4.78, 5) is 50.9. The van der Waals surface area contributed by atoms with Gasteiger partial charge in [0.1, 0.15) is 23.9 Å². The molecule has 0 aliphatic heterocycles. The molecule has 1 aromatic carbocycles. The van der Waals surface area contributed by atoms with E-state index in [-0.39, 0.29) is 30.4 Å². The number of hydrogen-bond donors (Lipinski definition) is 6. The van der Waals surface area contributed by atoms with Crippen LogP contribution in [0, 0.1) is 11.8 Å². The van der Waals surface area contributed by atoms with Crippen molar-refractivity contribution in [3.05, 3.63) is 29.8 Å². The third-order valence-electron chi connectivity index (χ3n) is 6.09. The average Bonchev–Trinajstić information content (AvgIpc) is 2.84. The zero-order valence-electron chi connectivity index (χ0n) is 22.3. The van der Waals surface area contributed by atoms with E-state index in [4.69, 9.17) is 5.73 Å². The number of nitrogens with two attached hydrogens (primary N) is 1. The topological polar surface area (TPSA) is 171 Å². The molecule has 0 heterocycles. The lowest BCUT2D eigenvalue weighted by Crippen LogP contribution is -2.59. The minimum absolute atomic E-state index is 0.0501. The van der Waals surface area contributed by atoms with Crippen LogP contribution < -0.4 is 21.7 Å². The Kier molecular flexibility index (Phi) is 14.1. The number of thioether (sulfide) groups is 1. The van der Waals surface area contributed by atoms with Gasteiger partial charge in [0.25, 0.3) is 0 Å². The highest BCUT2D eigenvalue weighted by atomic mass is 32.2. The van der Waals surface area contributed by atoms with Gasteiger partial charge in [-0.05, 0) is 54.4 Å². The van der Waals surface area contributed by atoms with Crippen LogP contribution in [0.2, 0.25) is 0 Å². The van der Waals surface area contributed by atoms with Crippen LogP contribution in [0.25, 0.3) is 0 Å². The molecule has 0 saturated carbocycles. The summed E-state index contributed by atoms with van der Waals surface area (Å²) in [6.45, 7) is 7.59. The van der Waals surface area contributed by atoms with Gasteiger partial charge in [-0.1, -0.05) is 46.2 Å². The number of phenolic OH excluding ortho intramolecular Hbond substituents is 1. The molecule has 3 amide bonds. The van der Waals surface area contributed by atoms with Crippen molar-refractivity contribution in [1.82, 2.24) is 16.0 Å². The number of aliphatic carboxylic acids is 1. The maximum absolute atomic E-state index is 13.4. The van der Waals surface area contributed by atoms with Crippen molar-refractivity contribution in [2.75, 3.05) is 12.0 Å². The fourth-order valence-corrected chi connectivity index (χ4v) is 4.15. The smallest absolute Gasteiger partial charge is 0.326 e. The third kappa shape index (κ3) is 11.4. The molecule has 0 spiro atoms. The van der Waals surface area contributed by atoms with Gasteiger partial charge in [-0.15, -0.1) is 0 Å². The van der Waals surface area contributed by atoms with Crippen LogP contribution in [-0.4, -0.2) is 70.1 Å². The van der Waals surface area contributed by atoms with Crippen LogP contribution in [-0.2, 0) is 25.6 Å². The number of aromatic hydroxyl groups is 1. The number of carboxylic acids is 1. The molecular formula is C26H42N4O6S. The second kappa shape index (κ2) is 16.1. The molecule has 5 unspecified atom stereocenters. The van der Waals surface area contributed by atoms with E-state index in [1.54, 1.807) is 12.1 Å². The molecular weight excluding hydrogens is 496 g/mol. The summed E-state index contributed by atoms with van der Waals surface area (Å²) in [5, 5.41) is 27.1. The molecule has 0 aliphatic rings. The molecule has 11 heteroatoms. The van der Waals surface area contributed by atoms with Gasteiger partial charge in [-0.3, -0.25) is 14.4 Å². The van der Waals surface area contributed by atoms with Gasteiger partial charge in [0, 0.05) is 6.42 Å². The molecule has 0 fully saturated rings. The first-order valence-corrected chi connectivity index (χ1v) is 13.9. The van der Waals surface area contributed by atoms with Gasteiger partial charge < -0.3 is 31.9 Å². The number of hydrogen-bond acceptors (Lipinski definition) is 7. The van der Waals surface area contributed by atoms with Gasteiger partial charge in [0.15, 0.2) is 0 Å². The maximum atomic E-state index is 13.4. The molecule has 0 aromatic heterocycles. The zero-order valence-corrected chi connectivity index (χ0v) is 23.1. The molecule has 208 valence electrons. The predicted octanol–water partition coefficient (Wildman–Crippen LogP) is 1.65. The highest BCUT2D eigenvalue weighted by Crippen LogP contribution is 2.14. The average molecular weight is 539 g/mol. The van der Waals surface area contributed by atoms with Gasteiger partial charge in [0.2, 0.25) is 17.7 Å². The third-order valence-corrected chi connectivity index (χ3v) is 6.73. The van der Waals surface area contributed by atoms with Crippen molar-refractivity contribution in [3.63, 3.8) is 0 Å².